The lowest BCUT2D eigenvalue weighted by Gasteiger charge is -2.16. The Balaban J connectivity index is 1.55. The average Bonchev–Trinajstić information content (AvgIpc) is 3.10. The van der Waals surface area contributed by atoms with E-state index in [9.17, 15) is 0 Å². The SMILES string of the molecule is c1csc(C(NCCc2ccncc2)C2CC2)c1. The molecular formula is C15H18N2S. The molecular weight excluding hydrogens is 240 g/mol. The Morgan fingerprint density at radius 3 is 2.78 bits per heavy atom. The summed E-state index contributed by atoms with van der Waals surface area (Å²) in [6.45, 7) is 1.04. The van der Waals surface area contributed by atoms with Crippen LogP contribution in [0.5, 0.6) is 0 Å². The van der Waals surface area contributed by atoms with E-state index >= 15 is 0 Å². The highest BCUT2D eigenvalue weighted by Crippen LogP contribution is 2.42. The Hall–Kier alpha value is -1.19. The van der Waals surface area contributed by atoms with Crippen LogP contribution in [-0.4, -0.2) is 11.5 Å². The van der Waals surface area contributed by atoms with Crippen LogP contribution in [0.3, 0.4) is 0 Å². The van der Waals surface area contributed by atoms with Gasteiger partial charge in [-0.2, -0.15) is 0 Å². The minimum atomic E-state index is 0.576. The number of thiophene rings is 1. The lowest BCUT2D eigenvalue weighted by Crippen LogP contribution is -2.24. The van der Waals surface area contributed by atoms with Crippen molar-refractivity contribution in [1.82, 2.24) is 10.3 Å². The molecule has 0 bridgehead atoms. The minimum absolute atomic E-state index is 0.576. The molecule has 2 nitrogen and oxygen atoms in total. The normalized spacial score (nSPS) is 16.7. The van der Waals surface area contributed by atoms with Gasteiger partial charge in [0.2, 0.25) is 0 Å². The molecule has 0 radical (unpaired) electrons. The molecule has 1 atom stereocenters. The molecule has 1 saturated carbocycles. The summed E-state index contributed by atoms with van der Waals surface area (Å²) in [4.78, 5) is 5.54. The second kappa shape index (κ2) is 5.63. The first-order chi connectivity index (χ1) is 8.93. The van der Waals surface area contributed by atoms with Crippen molar-refractivity contribution in [3.8, 4) is 0 Å². The van der Waals surface area contributed by atoms with E-state index in [0.717, 1.165) is 18.9 Å². The van der Waals surface area contributed by atoms with Gasteiger partial charge in [-0.15, -0.1) is 11.3 Å². The molecule has 0 aromatic carbocycles. The Kier molecular flexibility index (Phi) is 3.72. The molecule has 2 aromatic rings. The number of aromatic nitrogens is 1. The van der Waals surface area contributed by atoms with Crippen LogP contribution < -0.4 is 5.32 Å². The highest BCUT2D eigenvalue weighted by Gasteiger charge is 2.32. The topological polar surface area (TPSA) is 24.9 Å². The summed E-state index contributed by atoms with van der Waals surface area (Å²) in [7, 11) is 0. The van der Waals surface area contributed by atoms with Gasteiger partial charge in [0.15, 0.2) is 0 Å². The van der Waals surface area contributed by atoms with E-state index in [1.807, 2.05) is 23.7 Å². The van der Waals surface area contributed by atoms with Gasteiger partial charge in [0.1, 0.15) is 0 Å². The molecule has 0 amide bonds. The number of hydrogen-bond acceptors (Lipinski definition) is 3. The van der Waals surface area contributed by atoms with Gasteiger partial charge in [0.05, 0.1) is 0 Å². The zero-order chi connectivity index (χ0) is 12.2. The maximum absolute atomic E-state index is 4.05. The van der Waals surface area contributed by atoms with Crippen molar-refractivity contribution in [3.05, 3.63) is 52.5 Å². The Morgan fingerprint density at radius 2 is 2.11 bits per heavy atom. The standard InChI is InChI=1S/C15H18N2S/c1-2-14(18-11-1)15(13-3-4-13)17-10-7-12-5-8-16-9-6-12/h1-2,5-6,8-9,11,13,15,17H,3-4,7,10H2. The number of rotatable bonds is 6. The van der Waals surface area contributed by atoms with Crippen LogP contribution in [-0.2, 0) is 6.42 Å². The number of pyridine rings is 1. The second-order valence-corrected chi connectivity index (χ2v) is 5.87. The molecule has 18 heavy (non-hydrogen) atoms. The van der Waals surface area contributed by atoms with Gasteiger partial charge in [-0.25, -0.2) is 0 Å². The summed E-state index contributed by atoms with van der Waals surface area (Å²) >= 11 is 1.87. The van der Waals surface area contributed by atoms with Gasteiger partial charge in [-0.3, -0.25) is 4.98 Å². The summed E-state index contributed by atoms with van der Waals surface area (Å²) < 4.78 is 0. The predicted octanol–water partition coefficient (Wildman–Crippen LogP) is 3.43. The second-order valence-electron chi connectivity index (χ2n) is 4.89. The van der Waals surface area contributed by atoms with Crippen LogP contribution in [0.25, 0.3) is 0 Å². The molecule has 3 heteroatoms. The van der Waals surface area contributed by atoms with E-state index in [1.54, 1.807) is 0 Å². The summed E-state index contributed by atoms with van der Waals surface area (Å²) in [5.41, 5.74) is 1.36. The van der Waals surface area contributed by atoms with Crippen LogP contribution >= 0.6 is 11.3 Å². The zero-order valence-corrected chi connectivity index (χ0v) is 11.2. The van der Waals surface area contributed by atoms with Gasteiger partial charge in [-0.1, -0.05) is 6.07 Å². The van der Waals surface area contributed by atoms with Crippen molar-refractivity contribution in [3.63, 3.8) is 0 Å². The van der Waals surface area contributed by atoms with Gasteiger partial charge in [-0.05, 0) is 60.9 Å². The van der Waals surface area contributed by atoms with E-state index in [1.165, 1.54) is 23.3 Å². The summed E-state index contributed by atoms with van der Waals surface area (Å²) in [5, 5.41) is 5.90. The van der Waals surface area contributed by atoms with Crippen LogP contribution in [0.4, 0.5) is 0 Å². The molecule has 2 heterocycles. The molecule has 94 valence electrons. The quantitative estimate of drug-likeness (QED) is 0.858. The third-order valence-corrected chi connectivity index (χ3v) is 4.43. The fourth-order valence-corrected chi connectivity index (χ4v) is 3.21. The van der Waals surface area contributed by atoms with E-state index in [2.05, 4.69) is 39.9 Å². The van der Waals surface area contributed by atoms with E-state index in [-0.39, 0.29) is 0 Å². The zero-order valence-electron chi connectivity index (χ0n) is 10.4. The Bertz CT molecular complexity index is 463. The van der Waals surface area contributed by atoms with Crippen molar-refractivity contribution >= 4 is 11.3 Å². The highest BCUT2D eigenvalue weighted by atomic mass is 32.1. The van der Waals surface area contributed by atoms with Gasteiger partial charge in [0.25, 0.3) is 0 Å². The first kappa shape index (κ1) is 11.9. The van der Waals surface area contributed by atoms with E-state index in [4.69, 9.17) is 0 Å². The number of nitrogens with one attached hydrogen (secondary N) is 1. The fraction of sp³-hybridized carbons (Fsp3) is 0.400. The predicted molar refractivity (Wildman–Crippen MR) is 75.7 cm³/mol. The molecule has 1 aliphatic carbocycles. The van der Waals surface area contributed by atoms with E-state index in [0.29, 0.717) is 6.04 Å². The van der Waals surface area contributed by atoms with Crippen molar-refractivity contribution in [2.45, 2.75) is 25.3 Å². The minimum Gasteiger partial charge on any atom is -0.309 e. The van der Waals surface area contributed by atoms with Crippen LogP contribution in [0.15, 0.2) is 42.0 Å². The lowest BCUT2D eigenvalue weighted by molar-refractivity contribution is 0.491. The van der Waals surface area contributed by atoms with Crippen LogP contribution in [0, 0.1) is 5.92 Å². The first-order valence-corrected chi connectivity index (χ1v) is 7.47. The Labute approximate surface area is 112 Å². The molecule has 0 spiro atoms. The maximum Gasteiger partial charge on any atom is 0.0443 e. The molecule has 0 aliphatic heterocycles. The third-order valence-electron chi connectivity index (χ3n) is 3.47. The van der Waals surface area contributed by atoms with Crippen LogP contribution in [0.2, 0.25) is 0 Å². The molecule has 0 saturated heterocycles. The monoisotopic (exact) mass is 258 g/mol. The first-order valence-electron chi connectivity index (χ1n) is 6.59. The van der Waals surface area contributed by atoms with Gasteiger partial charge >= 0.3 is 0 Å². The molecule has 1 aliphatic rings. The molecule has 1 fully saturated rings. The average molecular weight is 258 g/mol. The number of nitrogens with zero attached hydrogens (tertiary/aromatic N) is 1. The Morgan fingerprint density at radius 1 is 1.28 bits per heavy atom. The summed E-state index contributed by atoms with van der Waals surface area (Å²) in [6.07, 6.45) is 7.58. The van der Waals surface area contributed by atoms with E-state index < -0.39 is 0 Å². The number of hydrogen-bond donors (Lipinski definition) is 1. The maximum atomic E-state index is 4.05. The molecule has 1 unspecified atom stereocenters. The molecule has 2 aromatic heterocycles. The smallest absolute Gasteiger partial charge is 0.0443 e. The van der Waals surface area contributed by atoms with Crippen molar-refractivity contribution in [2.75, 3.05) is 6.54 Å². The van der Waals surface area contributed by atoms with Crippen molar-refractivity contribution in [1.29, 1.82) is 0 Å². The van der Waals surface area contributed by atoms with Crippen molar-refractivity contribution in [2.24, 2.45) is 5.92 Å². The molecule has 3 rings (SSSR count). The van der Waals surface area contributed by atoms with Gasteiger partial charge in [0, 0.05) is 23.3 Å². The highest BCUT2D eigenvalue weighted by molar-refractivity contribution is 7.10. The van der Waals surface area contributed by atoms with Gasteiger partial charge < -0.3 is 5.32 Å². The van der Waals surface area contributed by atoms with Crippen LogP contribution in [0.1, 0.15) is 29.3 Å². The summed E-state index contributed by atoms with van der Waals surface area (Å²) in [6, 6.07) is 9.18. The third kappa shape index (κ3) is 2.98. The fourth-order valence-electron chi connectivity index (χ4n) is 2.32. The summed E-state index contributed by atoms with van der Waals surface area (Å²) in [5.74, 6) is 0.862. The lowest BCUT2D eigenvalue weighted by atomic mass is 10.1. The largest absolute Gasteiger partial charge is 0.309 e. The molecule has 1 N–H and O–H groups in total. The van der Waals surface area contributed by atoms with Crippen molar-refractivity contribution < 1.29 is 0 Å².